The average Bonchev–Trinajstić information content (AvgIpc) is 2.04. The summed E-state index contributed by atoms with van der Waals surface area (Å²) >= 11 is 1.19. The van der Waals surface area contributed by atoms with E-state index < -0.39 is 32.7 Å². The molecule has 1 nitrogen and oxygen atoms in total. The fraction of sp³-hybridized carbons (Fsp3) is 0.250. The summed E-state index contributed by atoms with van der Waals surface area (Å²) < 4.78 is 74.2. The number of nitrogens with two attached hydrogens (primary N) is 1. The van der Waals surface area contributed by atoms with Gasteiger partial charge in [-0.05, 0) is 34.7 Å². The smallest absolute Gasteiger partial charge is 0.398 e. The Balaban J connectivity index is 3.64. The molecule has 0 unspecified atom stereocenters. The lowest BCUT2D eigenvalue weighted by Crippen LogP contribution is -2.20. The summed E-state index contributed by atoms with van der Waals surface area (Å²) in [7, 11) is 0. The van der Waals surface area contributed by atoms with Crippen molar-refractivity contribution in [3.63, 3.8) is 0 Å². The van der Waals surface area contributed by atoms with Crippen LogP contribution in [0, 0.1) is 3.57 Å². The van der Waals surface area contributed by atoms with Gasteiger partial charge in [-0.2, -0.15) is 26.3 Å². The van der Waals surface area contributed by atoms with Crippen molar-refractivity contribution >= 4 is 28.3 Å². The summed E-state index contributed by atoms with van der Waals surface area (Å²) in [5.74, 6) is 0. The number of benzene rings is 1. The van der Waals surface area contributed by atoms with Gasteiger partial charge in [0, 0.05) is 9.26 Å². The molecule has 16 heavy (non-hydrogen) atoms. The van der Waals surface area contributed by atoms with Crippen LogP contribution in [0.4, 0.5) is 32.0 Å². The molecule has 0 aliphatic heterocycles. The molecule has 0 fully saturated rings. The lowest BCUT2D eigenvalue weighted by atomic mass is 10.0. The molecule has 1 aromatic rings. The van der Waals surface area contributed by atoms with E-state index in [0.717, 1.165) is 12.1 Å². The molecule has 8 heteroatoms. The molecule has 2 N–H and O–H groups in total. The van der Waals surface area contributed by atoms with Crippen molar-refractivity contribution in [3.8, 4) is 0 Å². The second-order valence-corrected chi connectivity index (χ2v) is 4.04. The average molecular weight is 355 g/mol. The molecule has 0 aliphatic carbocycles. The lowest BCUT2D eigenvalue weighted by molar-refractivity contribution is -0.162. The third-order valence-electron chi connectivity index (χ3n) is 1.75. The molecule has 0 aromatic heterocycles. The highest BCUT2D eigenvalue weighted by Crippen LogP contribution is 2.44. The Morgan fingerprint density at radius 3 is 1.62 bits per heavy atom. The zero-order valence-corrected chi connectivity index (χ0v) is 9.54. The largest absolute Gasteiger partial charge is 0.419 e. The van der Waals surface area contributed by atoms with Gasteiger partial charge < -0.3 is 5.73 Å². The summed E-state index contributed by atoms with van der Waals surface area (Å²) in [4.78, 5) is 0. The number of hydrogen-bond donors (Lipinski definition) is 1. The first kappa shape index (κ1) is 13.4. The summed E-state index contributed by atoms with van der Waals surface area (Å²) in [6.07, 6.45) is -10.2. The van der Waals surface area contributed by atoms with E-state index in [1.807, 2.05) is 0 Å². The number of rotatable bonds is 0. The van der Waals surface area contributed by atoms with Crippen molar-refractivity contribution in [1.82, 2.24) is 0 Å². The molecular formula is C8H4F6IN. The quantitative estimate of drug-likeness (QED) is 0.426. The van der Waals surface area contributed by atoms with Gasteiger partial charge >= 0.3 is 12.4 Å². The number of hydrogen-bond acceptors (Lipinski definition) is 1. The third kappa shape index (κ3) is 2.53. The summed E-state index contributed by atoms with van der Waals surface area (Å²) in [6.45, 7) is 0. The summed E-state index contributed by atoms with van der Waals surface area (Å²) in [6, 6.07) is 1.70. The Morgan fingerprint density at radius 2 is 1.31 bits per heavy atom. The van der Waals surface area contributed by atoms with Gasteiger partial charge in [-0.25, -0.2) is 0 Å². The molecule has 0 heterocycles. The molecule has 0 saturated carbocycles. The molecule has 0 amide bonds. The first-order valence-electron chi connectivity index (χ1n) is 3.77. The molecular weight excluding hydrogens is 351 g/mol. The predicted octanol–water partition coefficient (Wildman–Crippen LogP) is 3.91. The van der Waals surface area contributed by atoms with Gasteiger partial charge in [0.2, 0.25) is 0 Å². The second kappa shape index (κ2) is 3.97. The van der Waals surface area contributed by atoms with E-state index in [2.05, 4.69) is 0 Å². The first-order valence-corrected chi connectivity index (χ1v) is 4.85. The van der Waals surface area contributed by atoms with Crippen LogP contribution in [0.1, 0.15) is 11.1 Å². The molecule has 0 radical (unpaired) electrons. The van der Waals surface area contributed by atoms with E-state index in [-0.39, 0.29) is 0 Å². The van der Waals surface area contributed by atoms with E-state index in [0.29, 0.717) is 0 Å². The number of alkyl halides is 6. The Kier molecular flexibility index (Phi) is 3.32. The molecule has 0 bridgehead atoms. The van der Waals surface area contributed by atoms with E-state index in [4.69, 9.17) is 5.73 Å². The van der Waals surface area contributed by atoms with Crippen LogP contribution >= 0.6 is 22.6 Å². The van der Waals surface area contributed by atoms with Crippen LogP contribution < -0.4 is 5.73 Å². The minimum absolute atomic E-state index is 0.536. The van der Waals surface area contributed by atoms with Crippen LogP contribution in [-0.4, -0.2) is 0 Å². The molecule has 1 rings (SSSR count). The maximum absolute atomic E-state index is 12.5. The Labute approximate surface area is 99.8 Å². The minimum Gasteiger partial charge on any atom is -0.398 e. The Morgan fingerprint density at radius 1 is 0.875 bits per heavy atom. The highest BCUT2D eigenvalue weighted by atomic mass is 127. The van der Waals surface area contributed by atoms with Crippen molar-refractivity contribution in [2.45, 2.75) is 12.4 Å². The van der Waals surface area contributed by atoms with Gasteiger partial charge in [0.05, 0.1) is 11.1 Å². The van der Waals surface area contributed by atoms with Crippen LogP contribution in [0.2, 0.25) is 0 Å². The van der Waals surface area contributed by atoms with Gasteiger partial charge in [-0.3, -0.25) is 0 Å². The van der Waals surface area contributed by atoms with Crippen LogP contribution in [-0.2, 0) is 12.4 Å². The number of anilines is 1. The van der Waals surface area contributed by atoms with Crippen molar-refractivity contribution < 1.29 is 26.3 Å². The highest BCUT2D eigenvalue weighted by molar-refractivity contribution is 14.1. The highest BCUT2D eigenvalue weighted by Gasteiger charge is 2.46. The lowest BCUT2D eigenvalue weighted by Gasteiger charge is -2.18. The van der Waals surface area contributed by atoms with Gasteiger partial charge in [0.25, 0.3) is 0 Å². The van der Waals surface area contributed by atoms with Gasteiger partial charge in [-0.15, -0.1) is 0 Å². The van der Waals surface area contributed by atoms with Gasteiger partial charge in [0.1, 0.15) is 0 Å². The van der Waals surface area contributed by atoms with Crippen LogP contribution in [0.15, 0.2) is 12.1 Å². The molecule has 0 aliphatic rings. The Hall–Kier alpha value is -0.670. The van der Waals surface area contributed by atoms with E-state index >= 15 is 0 Å². The predicted molar refractivity (Wildman–Crippen MR) is 53.6 cm³/mol. The monoisotopic (exact) mass is 355 g/mol. The Bertz CT molecular complexity index is 369. The summed E-state index contributed by atoms with van der Waals surface area (Å²) in [5.41, 5.74) is 0.457. The molecule has 0 saturated heterocycles. The topological polar surface area (TPSA) is 26.0 Å². The van der Waals surface area contributed by atoms with E-state index in [1.165, 1.54) is 22.6 Å². The van der Waals surface area contributed by atoms with Crippen LogP contribution in [0.5, 0.6) is 0 Å². The van der Waals surface area contributed by atoms with E-state index in [1.54, 1.807) is 0 Å². The summed E-state index contributed by atoms with van der Waals surface area (Å²) in [5, 5.41) is 0. The molecule has 0 spiro atoms. The van der Waals surface area contributed by atoms with Crippen molar-refractivity contribution in [1.29, 1.82) is 0 Å². The fourth-order valence-corrected chi connectivity index (χ4v) is 1.93. The maximum Gasteiger partial charge on any atom is 0.419 e. The first-order chi connectivity index (χ1) is 7.05. The van der Waals surface area contributed by atoms with E-state index in [9.17, 15) is 26.3 Å². The zero-order chi connectivity index (χ0) is 12.7. The second-order valence-electron chi connectivity index (χ2n) is 2.88. The SMILES string of the molecule is Nc1ccc(I)c(C(F)(F)F)c1C(F)(F)F. The standard InChI is InChI=1S/C8H4F6IN/c9-7(10,11)5-3(15)1-2-4(16)6(5)8(12,13)14/h1-2H,16H2. The van der Waals surface area contributed by atoms with Crippen LogP contribution in [0.25, 0.3) is 0 Å². The zero-order valence-electron chi connectivity index (χ0n) is 7.38. The molecule has 90 valence electrons. The number of halogens is 7. The third-order valence-corrected chi connectivity index (χ3v) is 2.65. The molecule has 1 aromatic carbocycles. The van der Waals surface area contributed by atoms with Gasteiger partial charge in [0.15, 0.2) is 0 Å². The number of nitrogen functional groups attached to an aromatic ring is 1. The van der Waals surface area contributed by atoms with Crippen molar-refractivity contribution in [2.75, 3.05) is 5.73 Å². The maximum atomic E-state index is 12.5. The van der Waals surface area contributed by atoms with Crippen molar-refractivity contribution in [3.05, 3.63) is 26.8 Å². The van der Waals surface area contributed by atoms with Crippen LogP contribution in [0.3, 0.4) is 0 Å². The minimum atomic E-state index is -5.13. The fourth-order valence-electron chi connectivity index (χ4n) is 1.18. The van der Waals surface area contributed by atoms with Gasteiger partial charge in [-0.1, -0.05) is 0 Å². The molecule has 0 atom stereocenters. The van der Waals surface area contributed by atoms with Crippen molar-refractivity contribution in [2.24, 2.45) is 0 Å². The normalized spacial score (nSPS) is 12.9.